The monoisotopic (exact) mass is 291 g/mol. The number of nitrogens with zero attached hydrogens (tertiary/aromatic N) is 2. The predicted molar refractivity (Wildman–Crippen MR) is 81.8 cm³/mol. The van der Waals surface area contributed by atoms with Gasteiger partial charge in [-0.3, -0.25) is 0 Å². The summed E-state index contributed by atoms with van der Waals surface area (Å²) in [6.07, 6.45) is -0.540. The zero-order chi connectivity index (χ0) is 15.1. The van der Waals surface area contributed by atoms with Gasteiger partial charge in [-0.25, -0.2) is 10.2 Å². The maximum atomic E-state index is 11.2. The van der Waals surface area contributed by atoms with Gasteiger partial charge in [-0.15, -0.1) is 0 Å². The van der Waals surface area contributed by atoms with Crippen LogP contribution in [0.5, 0.6) is 0 Å². The van der Waals surface area contributed by atoms with Crippen molar-refractivity contribution in [1.29, 1.82) is 0 Å². The number of carbonyl (C=O) groups excluding carboxylic acids is 1. The topological polar surface area (TPSA) is 63.2 Å². The van der Waals surface area contributed by atoms with Crippen molar-refractivity contribution < 1.29 is 14.3 Å². The molecular weight excluding hydrogens is 270 g/mol. The summed E-state index contributed by atoms with van der Waals surface area (Å²) >= 11 is 0. The molecular formula is C15H21N3O3. The van der Waals surface area contributed by atoms with Gasteiger partial charge in [0.25, 0.3) is 0 Å². The van der Waals surface area contributed by atoms with E-state index >= 15 is 0 Å². The van der Waals surface area contributed by atoms with Crippen molar-refractivity contribution >= 4 is 17.5 Å². The van der Waals surface area contributed by atoms with E-state index in [1.165, 1.54) is 5.69 Å². The number of hydrogen-bond acceptors (Lipinski definition) is 5. The number of hydrogen-bond donors (Lipinski definition) is 1. The second-order valence-corrected chi connectivity index (χ2v) is 4.68. The molecule has 1 heterocycles. The van der Waals surface area contributed by atoms with Crippen molar-refractivity contribution in [3.05, 3.63) is 29.8 Å². The van der Waals surface area contributed by atoms with Crippen molar-refractivity contribution in [1.82, 2.24) is 5.43 Å². The lowest BCUT2D eigenvalue weighted by atomic mass is 10.1. The lowest BCUT2D eigenvalue weighted by Crippen LogP contribution is -2.36. The second-order valence-electron chi connectivity index (χ2n) is 4.68. The highest BCUT2D eigenvalue weighted by Crippen LogP contribution is 2.17. The van der Waals surface area contributed by atoms with Crippen LogP contribution in [0.15, 0.2) is 29.4 Å². The minimum atomic E-state index is -0.540. The largest absolute Gasteiger partial charge is 0.449 e. The second kappa shape index (κ2) is 7.64. The number of benzene rings is 1. The summed E-state index contributed by atoms with van der Waals surface area (Å²) in [5.41, 5.74) is 5.23. The Labute approximate surface area is 124 Å². The van der Waals surface area contributed by atoms with E-state index in [0.717, 1.165) is 37.6 Å². The minimum Gasteiger partial charge on any atom is -0.449 e. The summed E-state index contributed by atoms with van der Waals surface area (Å²) in [6.45, 7) is 7.29. The van der Waals surface area contributed by atoms with Crippen LogP contribution in [0.3, 0.4) is 0 Å². The van der Waals surface area contributed by atoms with Crippen LogP contribution in [0.2, 0.25) is 0 Å². The van der Waals surface area contributed by atoms with Crippen LogP contribution in [-0.4, -0.2) is 44.7 Å². The molecule has 1 aromatic rings. The van der Waals surface area contributed by atoms with Crippen LogP contribution >= 0.6 is 0 Å². The molecule has 21 heavy (non-hydrogen) atoms. The van der Waals surface area contributed by atoms with E-state index in [2.05, 4.69) is 27.6 Å². The zero-order valence-electron chi connectivity index (χ0n) is 12.5. The average Bonchev–Trinajstić information content (AvgIpc) is 2.54. The summed E-state index contributed by atoms with van der Waals surface area (Å²) in [5, 5.41) is 4.01. The fraction of sp³-hybridized carbons (Fsp3) is 0.467. The first kappa shape index (κ1) is 15.3. The van der Waals surface area contributed by atoms with Crippen LogP contribution in [0.4, 0.5) is 10.5 Å². The van der Waals surface area contributed by atoms with Gasteiger partial charge < -0.3 is 14.4 Å². The zero-order valence-corrected chi connectivity index (χ0v) is 12.5. The van der Waals surface area contributed by atoms with Crippen molar-refractivity contribution in [2.24, 2.45) is 5.10 Å². The molecule has 1 aromatic carbocycles. The third-order valence-electron chi connectivity index (χ3n) is 3.25. The number of amides is 1. The standard InChI is InChI=1S/C15H21N3O3/c1-3-21-15(19)17-16-12(2)13-4-6-14(7-5-13)18-8-10-20-11-9-18/h4-7H,3,8-11H2,1-2H3,(H,17,19). The van der Waals surface area contributed by atoms with Crippen LogP contribution in [0.25, 0.3) is 0 Å². The van der Waals surface area contributed by atoms with Gasteiger partial charge >= 0.3 is 6.09 Å². The number of carbonyl (C=O) groups is 1. The fourth-order valence-electron chi connectivity index (χ4n) is 2.09. The number of nitrogens with one attached hydrogen (secondary N) is 1. The Morgan fingerprint density at radius 1 is 1.33 bits per heavy atom. The molecule has 1 fully saturated rings. The number of ether oxygens (including phenoxy) is 2. The number of morpholine rings is 1. The van der Waals surface area contributed by atoms with E-state index in [0.29, 0.717) is 6.61 Å². The molecule has 1 amide bonds. The third kappa shape index (κ3) is 4.46. The molecule has 1 aliphatic rings. The molecule has 0 aromatic heterocycles. The average molecular weight is 291 g/mol. The molecule has 6 heteroatoms. The maximum absolute atomic E-state index is 11.2. The fourth-order valence-corrected chi connectivity index (χ4v) is 2.09. The Morgan fingerprint density at radius 2 is 2.00 bits per heavy atom. The summed E-state index contributed by atoms with van der Waals surface area (Å²) in [7, 11) is 0. The van der Waals surface area contributed by atoms with E-state index < -0.39 is 6.09 Å². The molecule has 0 spiro atoms. The first-order valence-electron chi connectivity index (χ1n) is 7.11. The Balaban J connectivity index is 1.97. The maximum Gasteiger partial charge on any atom is 0.427 e. The lowest BCUT2D eigenvalue weighted by Gasteiger charge is -2.28. The Morgan fingerprint density at radius 3 is 2.62 bits per heavy atom. The molecule has 0 saturated carbocycles. The van der Waals surface area contributed by atoms with Gasteiger partial charge in [0.1, 0.15) is 0 Å². The third-order valence-corrected chi connectivity index (χ3v) is 3.25. The SMILES string of the molecule is CCOC(=O)NN=C(C)c1ccc(N2CCOCC2)cc1. The van der Waals surface area contributed by atoms with Crippen molar-refractivity contribution in [3.63, 3.8) is 0 Å². The normalized spacial score (nSPS) is 15.7. The quantitative estimate of drug-likeness (QED) is 0.680. The molecule has 0 aliphatic carbocycles. The van der Waals surface area contributed by atoms with Gasteiger partial charge in [0.2, 0.25) is 0 Å². The van der Waals surface area contributed by atoms with Crippen molar-refractivity contribution in [2.75, 3.05) is 37.8 Å². The van der Waals surface area contributed by atoms with Gasteiger partial charge in [-0.2, -0.15) is 5.10 Å². The molecule has 0 radical (unpaired) electrons. The molecule has 2 rings (SSSR count). The van der Waals surface area contributed by atoms with Crippen LogP contribution in [0, 0.1) is 0 Å². The smallest absolute Gasteiger partial charge is 0.427 e. The molecule has 0 atom stereocenters. The van der Waals surface area contributed by atoms with Crippen molar-refractivity contribution in [2.45, 2.75) is 13.8 Å². The van der Waals surface area contributed by atoms with Crippen molar-refractivity contribution in [3.8, 4) is 0 Å². The van der Waals surface area contributed by atoms with Gasteiger partial charge in [0.15, 0.2) is 0 Å². The summed E-state index contributed by atoms with van der Waals surface area (Å²) in [5.74, 6) is 0. The molecule has 0 bridgehead atoms. The van der Waals surface area contributed by atoms with E-state index in [-0.39, 0.29) is 0 Å². The highest BCUT2D eigenvalue weighted by molar-refractivity contribution is 5.99. The summed E-state index contributed by atoms with van der Waals surface area (Å²) in [4.78, 5) is 13.5. The highest BCUT2D eigenvalue weighted by Gasteiger charge is 2.11. The van der Waals surface area contributed by atoms with Gasteiger partial charge in [0.05, 0.1) is 25.5 Å². The molecule has 1 saturated heterocycles. The van der Waals surface area contributed by atoms with E-state index in [1.54, 1.807) is 6.92 Å². The van der Waals surface area contributed by atoms with Gasteiger partial charge in [-0.05, 0) is 31.5 Å². The van der Waals surface area contributed by atoms with E-state index in [4.69, 9.17) is 9.47 Å². The van der Waals surface area contributed by atoms with Crippen LogP contribution in [0.1, 0.15) is 19.4 Å². The Bertz CT molecular complexity index is 493. The molecule has 1 N–H and O–H groups in total. The number of rotatable bonds is 4. The van der Waals surface area contributed by atoms with E-state index in [9.17, 15) is 4.79 Å². The van der Waals surface area contributed by atoms with Crippen LogP contribution in [-0.2, 0) is 9.47 Å². The molecule has 114 valence electrons. The van der Waals surface area contributed by atoms with Gasteiger partial charge in [-0.1, -0.05) is 12.1 Å². The Hall–Kier alpha value is -2.08. The van der Waals surface area contributed by atoms with Crippen LogP contribution < -0.4 is 10.3 Å². The minimum absolute atomic E-state index is 0.328. The predicted octanol–water partition coefficient (Wildman–Crippen LogP) is 1.99. The van der Waals surface area contributed by atoms with E-state index in [1.807, 2.05) is 19.1 Å². The Kier molecular flexibility index (Phi) is 5.57. The lowest BCUT2D eigenvalue weighted by molar-refractivity contribution is 0.122. The first-order valence-corrected chi connectivity index (χ1v) is 7.11. The number of anilines is 1. The molecule has 0 unspecified atom stereocenters. The number of hydrazone groups is 1. The summed E-state index contributed by atoms with van der Waals surface area (Å²) in [6, 6.07) is 8.11. The van der Waals surface area contributed by atoms with Gasteiger partial charge in [0, 0.05) is 18.8 Å². The molecule has 6 nitrogen and oxygen atoms in total. The highest BCUT2D eigenvalue weighted by atomic mass is 16.5. The molecule has 1 aliphatic heterocycles. The summed E-state index contributed by atoms with van der Waals surface area (Å²) < 4.78 is 10.1. The first-order chi connectivity index (χ1) is 10.2.